The summed E-state index contributed by atoms with van der Waals surface area (Å²) < 4.78 is 28.0. The van der Waals surface area contributed by atoms with E-state index in [-0.39, 0.29) is 0 Å². The highest BCUT2D eigenvalue weighted by Crippen LogP contribution is 2.22. The summed E-state index contributed by atoms with van der Waals surface area (Å²) in [4.78, 5) is 0. The highest BCUT2D eigenvalue weighted by Gasteiger charge is 2.30. The fourth-order valence-electron chi connectivity index (χ4n) is 1.84. The quantitative estimate of drug-likeness (QED) is 0.786. The van der Waals surface area contributed by atoms with Gasteiger partial charge in [0, 0.05) is 19.6 Å². The Morgan fingerprint density at radius 2 is 2.00 bits per heavy atom. The molecule has 0 aromatic carbocycles. The van der Waals surface area contributed by atoms with Crippen LogP contribution in [0.2, 0.25) is 0 Å². The zero-order valence-corrected chi connectivity index (χ0v) is 11.8. The van der Waals surface area contributed by atoms with Crippen LogP contribution in [0.1, 0.15) is 40.0 Å². The summed E-state index contributed by atoms with van der Waals surface area (Å²) >= 11 is 0. The smallest absolute Gasteiger partial charge is 0.279 e. The van der Waals surface area contributed by atoms with E-state index in [1.807, 2.05) is 13.8 Å². The molecule has 1 heterocycles. The van der Waals surface area contributed by atoms with Crippen LogP contribution in [-0.4, -0.2) is 43.1 Å². The normalized spacial score (nSPS) is 28.3. The first-order valence-electron chi connectivity index (χ1n) is 6.20. The standard InChI is InChI=1S/C11H24N2O3S/c1-10(2)9-12-17(15,16)13-7-4-5-11(3,14)6-8-13/h10,12,14H,4-9H2,1-3H3. The molecule has 1 atom stereocenters. The van der Waals surface area contributed by atoms with E-state index in [0.29, 0.717) is 44.8 Å². The van der Waals surface area contributed by atoms with Gasteiger partial charge < -0.3 is 5.11 Å². The average molecular weight is 264 g/mol. The highest BCUT2D eigenvalue weighted by atomic mass is 32.2. The van der Waals surface area contributed by atoms with Gasteiger partial charge in [0.05, 0.1) is 5.60 Å². The Hall–Kier alpha value is -0.170. The van der Waals surface area contributed by atoms with Gasteiger partial charge in [-0.1, -0.05) is 13.8 Å². The van der Waals surface area contributed by atoms with Crippen LogP contribution in [0.3, 0.4) is 0 Å². The van der Waals surface area contributed by atoms with Crippen molar-refractivity contribution in [2.75, 3.05) is 19.6 Å². The molecule has 2 N–H and O–H groups in total. The summed E-state index contributed by atoms with van der Waals surface area (Å²) in [6.07, 6.45) is 1.86. The topological polar surface area (TPSA) is 69.6 Å². The van der Waals surface area contributed by atoms with Crippen LogP contribution < -0.4 is 4.72 Å². The summed E-state index contributed by atoms with van der Waals surface area (Å²) in [5.74, 6) is 0.292. The second-order valence-corrected chi connectivity index (χ2v) is 7.25. The molecule has 17 heavy (non-hydrogen) atoms. The third kappa shape index (κ3) is 4.91. The molecule has 6 heteroatoms. The molecule has 0 saturated carbocycles. The Kier molecular flexibility index (Phi) is 4.95. The summed E-state index contributed by atoms with van der Waals surface area (Å²) in [6.45, 7) is 7.04. The molecule has 1 unspecified atom stereocenters. The summed E-state index contributed by atoms with van der Waals surface area (Å²) in [7, 11) is -3.38. The Labute approximate surface area is 104 Å². The highest BCUT2D eigenvalue weighted by molar-refractivity contribution is 7.87. The van der Waals surface area contributed by atoms with E-state index in [2.05, 4.69) is 4.72 Å². The Morgan fingerprint density at radius 3 is 2.59 bits per heavy atom. The molecule has 1 fully saturated rings. The van der Waals surface area contributed by atoms with Gasteiger partial charge in [-0.15, -0.1) is 0 Å². The van der Waals surface area contributed by atoms with Crippen molar-refractivity contribution < 1.29 is 13.5 Å². The molecular formula is C11H24N2O3S. The van der Waals surface area contributed by atoms with Crippen molar-refractivity contribution in [1.29, 1.82) is 0 Å². The number of aliphatic hydroxyl groups is 1. The van der Waals surface area contributed by atoms with E-state index in [0.717, 1.165) is 0 Å². The first kappa shape index (κ1) is 14.9. The molecule has 1 aliphatic heterocycles. The van der Waals surface area contributed by atoms with Gasteiger partial charge in [0.2, 0.25) is 0 Å². The maximum Gasteiger partial charge on any atom is 0.279 e. The maximum atomic E-state index is 12.0. The number of rotatable bonds is 4. The second kappa shape index (κ2) is 5.65. The number of nitrogens with zero attached hydrogens (tertiary/aromatic N) is 1. The monoisotopic (exact) mass is 264 g/mol. The Bertz CT molecular complexity index is 339. The van der Waals surface area contributed by atoms with Crippen molar-refractivity contribution in [3.63, 3.8) is 0 Å². The molecule has 0 aromatic rings. The molecule has 1 aliphatic rings. The molecular weight excluding hydrogens is 240 g/mol. The molecule has 0 aliphatic carbocycles. The molecule has 102 valence electrons. The molecule has 1 saturated heterocycles. The van der Waals surface area contributed by atoms with Gasteiger partial charge in [0.15, 0.2) is 0 Å². The molecule has 1 rings (SSSR count). The summed E-state index contributed by atoms with van der Waals surface area (Å²) in [5.41, 5.74) is -0.734. The minimum atomic E-state index is -3.38. The lowest BCUT2D eigenvalue weighted by molar-refractivity contribution is 0.0465. The molecule has 0 bridgehead atoms. The lowest BCUT2D eigenvalue weighted by Crippen LogP contribution is -2.43. The molecule has 0 aromatic heterocycles. The Morgan fingerprint density at radius 1 is 1.35 bits per heavy atom. The third-order valence-electron chi connectivity index (χ3n) is 3.04. The lowest BCUT2D eigenvalue weighted by Gasteiger charge is -2.22. The predicted molar refractivity (Wildman–Crippen MR) is 67.8 cm³/mol. The van der Waals surface area contributed by atoms with Gasteiger partial charge in [-0.25, -0.2) is 4.72 Å². The van der Waals surface area contributed by atoms with E-state index in [4.69, 9.17) is 0 Å². The average Bonchev–Trinajstić information content (AvgIpc) is 2.37. The van der Waals surface area contributed by atoms with Gasteiger partial charge in [0.25, 0.3) is 10.2 Å². The van der Waals surface area contributed by atoms with Crippen LogP contribution in [0.5, 0.6) is 0 Å². The van der Waals surface area contributed by atoms with Gasteiger partial charge in [-0.05, 0) is 32.1 Å². The third-order valence-corrected chi connectivity index (χ3v) is 4.61. The van der Waals surface area contributed by atoms with Gasteiger partial charge in [0.1, 0.15) is 0 Å². The van der Waals surface area contributed by atoms with Gasteiger partial charge >= 0.3 is 0 Å². The zero-order chi connectivity index (χ0) is 13.1. The largest absolute Gasteiger partial charge is 0.390 e. The van der Waals surface area contributed by atoms with Crippen molar-refractivity contribution in [1.82, 2.24) is 9.03 Å². The number of hydrogen-bond acceptors (Lipinski definition) is 3. The van der Waals surface area contributed by atoms with Crippen LogP contribution >= 0.6 is 0 Å². The van der Waals surface area contributed by atoms with E-state index in [1.165, 1.54) is 4.31 Å². The summed E-state index contributed by atoms with van der Waals surface area (Å²) in [6, 6.07) is 0. The van der Waals surface area contributed by atoms with E-state index >= 15 is 0 Å². The maximum absolute atomic E-state index is 12.0. The van der Waals surface area contributed by atoms with Crippen LogP contribution in [-0.2, 0) is 10.2 Å². The predicted octanol–water partition coefficient (Wildman–Crippen LogP) is 0.714. The van der Waals surface area contributed by atoms with Crippen LogP contribution in [0.15, 0.2) is 0 Å². The van der Waals surface area contributed by atoms with E-state index < -0.39 is 15.8 Å². The van der Waals surface area contributed by atoms with Crippen molar-refractivity contribution >= 4 is 10.2 Å². The second-order valence-electron chi connectivity index (χ2n) is 5.50. The minimum Gasteiger partial charge on any atom is -0.390 e. The Balaban J connectivity index is 2.60. The van der Waals surface area contributed by atoms with E-state index in [1.54, 1.807) is 6.92 Å². The molecule has 0 radical (unpaired) electrons. The van der Waals surface area contributed by atoms with Crippen LogP contribution in [0.25, 0.3) is 0 Å². The molecule has 5 nitrogen and oxygen atoms in total. The number of hydrogen-bond donors (Lipinski definition) is 2. The first-order chi connectivity index (χ1) is 7.73. The molecule has 0 amide bonds. The van der Waals surface area contributed by atoms with Crippen molar-refractivity contribution in [2.45, 2.75) is 45.6 Å². The molecule has 0 spiro atoms. The SMILES string of the molecule is CC(C)CNS(=O)(=O)N1CCCC(C)(O)CC1. The first-order valence-corrected chi connectivity index (χ1v) is 7.64. The van der Waals surface area contributed by atoms with Crippen molar-refractivity contribution in [2.24, 2.45) is 5.92 Å². The van der Waals surface area contributed by atoms with Gasteiger partial charge in [-0.2, -0.15) is 12.7 Å². The lowest BCUT2D eigenvalue weighted by atomic mass is 9.98. The van der Waals surface area contributed by atoms with Crippen molar-refractivity contribution in [3.8, 4) is 0 Å². The van der Waals surface area contributed by atoms with Gasteiger partial charge in [-0.3, -0.25) is 0 Å². The summed E-state index contributed by atoms with van der Waals surface area (Å²) in [5, 5.41) is 9.91. The minimum absolute atomic E-state index is 0.292. The van der Waals surface area contributed by atoms with Crippen LogP contribution in [0.4, 0.5) is 0 Å². The fourth-order valence-corrected chi connectivity index (χ4v) is 3.27. The van der Waals surface area contributed by atoms with Crippen molar-refractivity contribution in [3.05, 3.63) is 0 Å². The zero-order valence-electron chi connectivity index (χ0n) is 10.9. The van der Waals surface area contributed by atoms with E-state index in [9.17, 15) is 13.5 Å². The fraction of sp³-hybridized carbons (Fsp3) is 1.00. The van der Waals surface area contributed by atoms with Crippen LogP contribution in [0, 0.1) is 5.92 Å². The number of nitrogens with one attached hydrogen (secondary N) is 1.